The maximum absolute atomic E-state index is 12.9. The lowest BCUT2D eigenvalue weighted by Crippen LogP contribution is -2.43. The summed E-state index contributed by atoms with van der Waals surface area (Å²) in [5, 5.41) is 4.91. The fourth-order valence-corrected chi connectivity index (χ4v) is 3.85. The second-order valence-electron chi connectivity index (χ2n) is 6.93. The number of para-hydroxylation sites is 1. The van der Waals surface area contributed by atoms with Gasteiger partial charge in [-0.2, -0.15) is 0 Å². The molecule has 4 aromatic rings. The maximum atomic E-state index is 12.9. The molecule has 3 heterocycles. The first-order valence-electron chi connectivity index (χ1n) is 9.27. The van der Waals surface area contributed by atoms with Crippen LogP contribution in [0.2, 0.25) is 0 Å². The number of likely N-dealkylation sites (tertiary alicyclic amines) is 1. The minimum absolute atomic E-state index is 0.190. The van der Waals surface area contributed by atoms with E-state index in [1.54, 1.807) is 17.0 Å². The van der Waals surface area contributed by atoms with E-state index in [0.29, 0.717) is 18.7 Å². The van der Waals surface area contributed by atoms with Gasteiger partial charge >= 0.3 is 0 Å². The summed E-state index contributed by atoms with van der Waals surface area (Å²) in [7, 11) is 0. The average molecular weight is 374 g/mol. The fourth-order valence-electron chi connectivity index (χ4n) is 3.85. The number of hydrogen-bond donors (Lipinski definition) is 1. The molecule has 1 saturated heterocycles. The Morgan fingerprint density at radius 1 is 1.00 bits per heavy atom. The maximum Gasteiger partial charge on any atom is 0.290 e. The zero-order valence-corrected chi connectivity index (χ0v) is 15.1. The summed E-state index contributed by atoms with van der Waals surface area (Å²) in [5.74, 6) is -0.186. The van der Waals surface area contributed by atoms with Gasteiger partial charge in [0.2, 0.25) is 5.91 Å². The van der Waals surface area contributed by atoms with E-state index in [0.717, 1.165) is 28.4 Å². The van der Waals surface area contributed by atoms with Gasteiger partial charge in [0.25, 0.3) is 5.91 Å². The van der Waals surface area contributed by atoms with Gasteiger partial charge in [-0.3, -0.25) is 9.59 Å². The van der Waals surface area contributed by atoms with Gasteiger partial charge in [0.1, 0.15) is 17.2 Å². The second-order valence-corrected chi connectivity index (χ2v) is 6.93. The van der Waals surface area contributed by atoms with Crippen LogP contribution in [0.15, 0.2) is 69.7 Å². The molecule has 1 atom stereocenters. The van der Waals surface area contributed by atoms with Crippen molar-refractivity contribution in [1.82, 2.24) is 4.90 Å². The van der Waals surface area contributed by atoms with Gasteiger partial charge < -0.3 is 19.1 Å². The van der Waals surface area contributed by atoms with Crippen molar-refractivity contribution < 1.29 is 18.4 Å². The number of nitrogens with zero attached hydrogens (tertiary/aromatic N) is 1. The molecule has 6 nitrogen and oxygen atoms in total. The van der Waals surface area contributed by atoms with Crippen LogP contribution in [0.1, 0.15) is 23.4 Å². The normalized spacial score (nSPS) is 16.7. The van der Waals surface area contributed by atoms with Crippen LogP contribution in [0.3, 0.4) is 0 Å². The van der Waals surface area contributed by atoms with E-state index in [1.165, 1.54) is 6.26 Å². The predicted octanol–water partition coefficient (Wildman–Crippen LogP) is 4.42. The average Bonchev–Trinajstić information content (AvgIpc) is 3.46. The smallest absolute Gasteiger partial charge is 0.290 e. The van der Waals surface area contributed by atoms with Crippen LogP contribution in [-0.4, -0.2) is 29.3 Å². The summed E-state index contributed by atoms with van der Waals surface area (Å²) in [6.45, 7) is 0.545. The Kier molecular flexibility index (Phi) is 3.90. The summed E-state index contributed by atoms with van der Waals surface area (Å²) in [4.78, 5) is 27.1. The highest BCUT2D eigenvalue weighted by Crippen LogP contribution is 2.31. The first-order chi connectivity index (χ1) is 13.7. The van der Waals surface area contributed by atoms with E-state index in [9.17, 15) is 9.59 Å². The summed E-state index contributed by atoms with van der Waals surface area (Å²) >= 11 is 0. The van der Waals surface area contributed by atoms with Crippen molar-refractivity contribution in [3.8, 4) is 0 Å². The Bertz CT molecular complexity index is 1180. The summed E-state index contributed by atoms with van der Waals surface area (Å²) in [6.07, 6.45) is 2.88. The van der Waals surface area contributed by atoms with Crippen LogP contribution in [0, 0.1) is 0 Å². The number of hydrogen-bond acceptors (Lipinski definition) is 4. The van der Waals surface area contributed by atoms with Crippen LogP contribution in [0.25, 0.3) is 21.9 Å². The van der Waals surface area contributed by atoms with Crippen molar-refractivity contribution in [3.63, 3.8) is 0 Å². The van der Waals surface area contributed by atoms with Crippen molar-refractivity contribution in [2.75, 3.05) is 11.9 Å². The molecule has 0 radical (unpaired) electrons. The highest BCUT2D eigenvalue weighted by atomic mass is 16.3. The highest BCUT2D eigenvalue weighted by molar-refractivity contribution is 6.07. The SMILES string of the molecule is O=C(Nc1ccc2oc3ccccc3c2c1)C1CCCN1C(=O)c1ccco1. The lowest BCUT2D eigenvalue weighted by molar-refractivity contribution is -0.119. The van der Waals surface area contributed by atoms with E-state index in [1.807, 2.05) is 42.5 Å². The van der Waals surface area contributed by atoms with Gasteiger partial charge in [-0.1, -0.05) is 18.2 Å². The number of fused-ring (bicyclic) bond motifs is 3. The largest absolute Gasteiger partial charge is 0.459 e. The molecule has 2 amide bonds. The minimum Gasteiger partial charge on any atom is -0.459 e. The van der Waals surface area contributed by atoms with Crippen molar-refractivity contribution >= 4 is 39.4 Å². The number of amides is 2. The number of nitrogens with one attached hydrogen (secondary N) is 1. The van der Waals surface area contributed by atoms with Crippen molar-refractivity contribution in [3.05, 3.63) is 66.6 Å². The number of rotatable bonds is 3. The molecule has 2 aromatic carbocycles. The molecule has 2 aromatic heterocycles. The number of anilines is 1. The van der Waals surface area contributed by atoms with Crippen molar-refractivity contribution in [2.45, 2.75) is 18.9 Å². The molecule has 1 aliphatic heterocycles. The molecule has 0 bridgehead atoms. The molecule has 1 unspecified atom stereocenters. The minimum atomic E-state index is -0.505. The van der Waals surface area contributed by atoms with Crippen molar-refractivity contribution in [1.29, 1.82) is 0 Å². The topological polar surface area (TPSA) is 75.7 Å². The van der Waals surface area contributed by atoms with E-state index in [4.69, 9.17) is 8.83 Å². The molecular formula is C22H18N2O4. The zero-order chi connectivity index (χ0) is 19.1. The van der Waals surface area contributed by atoms with E-state index in [2.05, 4.69) is 5.32 Å². The molecule has 0 saturated carbocycles. The summed E-state index contributed by atoms with van der Waals surface area (Å²) in [6, 6.07) is 16.2. The Hall–Kier alpha value is -3.54. The number of furan rings is 2. The third kappa shape index (κ3) is 2.74. The van der Waals surface area contributed by atoms with Gasteiger partial charge in [-0.25, -0.2) is 0 Å². The highest BCUT2D eigenvalue weighted by Gasteiger charge is 2.35. The van der Waals surface area contributed by atoms with Gasteiger partial charge in [-0.15, -0.1) is 0 Å². The molecule has 0 spiro atoms. The van der Waals surface area contributed by atoms with Crippen LogP contribution in [-0.2, 0) is 4.79 Å². The third-order valence-corrected chi connectivity index (χ3v) is 5.19. The van der Waals surface area contributed by atoms with Crippen LogP contribution < -0.4 is 5.32 Å². The van der Waals surface area contributed by atoms with Gasteiger partial charge in [0.05, 0.1) is 6.26 Å². The van der Waals surface area contributed by atoms with E-state index >= 15 is 0 Å². The number of carbonyl (C=O) groups is 2. The van der Waals surface area contributed by atoms with E-state index < -0.39 is 6.04 Å². The van der Waals surface area contributed by atoms with Gasteiger partial charge in [-0.05, 0) is 49.2 Å². The van der Waals surface area contributed by atoms with Gasteiger partial charge in [0, 0.05) is 23.0 Å². The third-order valence-electron chi connectivity index (χ3n) is 5.19. The Labute approximate surface area is 160 Å². The molecule has 1 aliphatic rings. The molecule has 5 rings (SSSR count). The Balaban J connectivity index is 1.40. The van der Waals surface area contributed by atoms with Crippen LogP contribution in [0.4, 0.5) is 5.69 Å². The molecule has 1 fully saturated rings. The number of carbonyl (C=O) groups excluding carboxylic acids is 2. The Morgan fingerprint density at radius 3 is 2.71 bits per heavy atom. The van der Waals surface area contributed by atoms with Gasteiger partial charge in [0.15, 0.2) is 5.76 Å². The second kappa shape index (κ2) is 6.56. The van der Waals surface area contributed by atoms with Crippen LogP contribution in [0.5, 0.6) is 0 Å². The quantitative estimate of drug-likeness (QED) is 0.576. The standard InChI is InChI=1S/C22H18N2O4/c25-21(17-6-3-11-24(17)22(26)20-8-4-12-27-20)23-14-9-10-19-16(13-14)15-5-1-2-7-18(15)28-19/h1-2,4-5,7-10,12-13,17H,3,6,11H2,(H,23,25). The van der Waals surface area contributed by atoms with E-state index in [-0.39, 0.29) is 17.6 Å². The molecular weight excluding hydrogens is 356 g/mol. The lowest BCUT2D eigenvalue weighted by Gasteiger charge is -2.23. The fraction of sp³-hybridized carbons (Fsp3) is 0.182. The number of benzene rings is 2. The lowest BCUT2D eigenvalue weighted by atomic mass is 10.1. The Morgan fingerprint density at radius 2 is 1.86 bits per heavy atom. The summed E-state index contributed by atoms with van der Waals surface area (Å²) < 4.78 is 11.0. The molecule has 0 aliphatic carbocycles. The first kappa shape index (κ1) is 16.6. The molecule has 28 heavy (non-hydrogen) atoms. The van der Waals surface area contributed by atoms with Crippen molar-refractivity contribution in [2.24, 2.45) is 0 Å². The summed E-state index contributed by atoms with van der Waals surface area (Å²) in [5.41, 5.74) is 2.27. The molecule has 6 heteroatoms. The predicted molar refractivity (Wildman–Crippen MR) is 105 cm³/mol. The monoisotopic (exact) mass is 374 g/mol. The first-order valence-corrected chi connectivity index (χ1v) is 9.27. The van der Waals surface area contributed by atoms with Crippen LogP contribution >= 0.6 is 0 Å². The zero-order valence-electron chi connectivity index (χ0n) is 15.1. The molecule has 1 N–H and O–H groups in total. The molecule has 140 valence electrons.